The van der Waals surface area contributed by atoms with Crippen molar-refractivity contribution < 1.29 is 17.9 Å². The van der Waals surface area contributed by atoms with Crippen LogP contribution in [0.2, 0.25) is 0 Å². The lowest BCUT2D eigenvalue weighted by Crippen LogP contribution is -2.39. The number of rotatable bonds is 5. The molecule has 5 nitrogen and oxygen atoms in total. The molecule has 2 heterocycles. The molecule has 3 aromatic rings. The summed E-state index contributed by atoms with van der Waals surface area (Å²) in [6.45, 7) is 6.54. The molecule has 170 valence electrons. The molecule has 1 aromatic heterocycles. The Morgan fingerprint density at radius 3 is 2.41 bits per heavy atom. The Morgan fingerprint density at radius 1 is 1.06 bits per heavy atom. The van der Waals surface area contributed by atoms with Crippen LogP contribution in [0.3, 0.4) is 0 Å². The van der Waals surface area contributed by atoms with E-state index in [2.05, 4.69) is 40.5 Å². The second-order valence-electron chi connectivity index (χ2n) is 8.94. The number of aromatic nitrogens is 1. The fourth-order valence-corrected chi connectivity index (χ4v) is 4.11. The summed E-state index contributed by atoms with van der Waals surface area (Å²) in [5, 5.41) is 1.13. The maximum absolute atomic E-state index is 12.4. The van der Waals surface area contributed by atoms with Crippen LogP contribution in [0.4, 0.5) is 24.7 Å². The number of anilines is 2. The Kier molecular flexibility index (Phi) is 5.67. The zero-order valence-corrected chi connectivity index (χ0v) is 18.6. The molecule has 1 aliphatic heterocycles. The molecule has 0 saturated carbocycles. The molecule has 0 N–H and O–H groups in total. The number of hydrogen-bond acceptors (Lipinski definition) is 5. The number of hydrogen-bond donors (Lipinski definition) is 0. The summed E-state index contributed by atoms with van der Waals surface area (Å²) in [4.78, 5) is 11.3. The van der Waals surface area contributed by atoms with Gasteiger partial charge >= 0.3 is 6.36 Å². The second kappa shape index (κ2) is 8.16. The lowest BCUT2D eigenvalue weighted by atomic mass is 10.0. The summed E-state index contributed by atoms with van der Waals surface area (Å²) < 4.78 is 41.3. The molecular weight excluding hydrogens is 417 g/mol. The Balaban J connectivity index is 1.57. The van der Waals surface area contributed by atoms with Gasteiger partial charge in [-0.05, 0) is 55.8 Å². The lowest BCUT2D eigenvalue weighted by Gasteiger charge is -2.30. The van der Waals surface area contributed by atoms with Gasteiger partial charge in [-0.25, -0.2) is 4.98 Å². The van der Waals surface area contributed by atoms with Gasteiger partial charge in [0.05, 0.1) is 12.2 Å². The lowest BCUT2D eigenvalue weighted by molar-refractivity contribution is -0.274. The monoisotopic (exact) mass is 444 g/mol. The third-order valence-electron chi connectivity index (χ3n) is 5.82. The highest BCUT2D eigenvalue weighted by Gasteiger charge is 2.37. The largest absolute Gasteiger partial charge is 0.573 e. The SMILES string of the molecule is CN(C)c1cc(CN2CN(c3ccc(OC(F)(F)F)cc3)CC2(C)C)c2ccccc2n1. The molecule has 4 rings (SSSR count). The Labute approximate surface area is 186 Å². The molecule has 0 atom stereocenters. The molecular formula is C24H27F3N4O. The van der Waals surface area contributed by atoms with Crippen molar-refractivity contribution in [2.24, 2.45) is 0 Å². The van der Waals surface area contributed by atoms with Crippen LogP contribution in [0.15, 0.2) is 54.6 Å². The average molecular weight is 445 g/mol. The number of halogens is 3. The first-order valence-electron chi connectivity index (χ1n) is 10.4. The van der Waals surface area contributed by atoms with Crippen molar-refractivity contribution in [1.82, 2.24) is 9.88 Å². The molecule has 0 amide bonds. The van der Waals surface area contributed by atoms with Crippen molar-refractivity contribution in [2.75, 3.05) is 37.1 Å². The average Bonchev–Trinajstić information content (AvgIpc) is 3.01. The molecule has 1 fully saturated rings. The smallest absolute Gasteiger partial charge is 0.406 e. The zero-order chi connectivity index (χ0) is 23.1. The summed E-state index contributed by atoms with van der Waals surface area (Å²) in [6.07, 6.45) is -4.69. The van der Waals surface area contributed by atoms with Crippen LogP contribution in [-0.4, -0.2) is 49.1 Å². The van der Waals surface area contributed by atoms with Crippen molar-refractivity contribution in [1.29, 1.82) is 0 Å². The standard InChI is InChI=1S/C24H27F3N4O/c1-23(2)15-30(18-9-11-19(12-10-18)32-24(25,26)27)16-31(23)14-17-13-22(29(3)4)28-21-8-6-5-7-20(17)21/h5-13H,14-16H2,1-4H3. The van der Waals surface area contributed by atoms with Gasteiger partial charge in [0.15, 0.2) is 0 Å². The minimum Gasteiger partial charge on any atom is -0.406 e. The highest BCUT2D eigenvalue weighted by atomic mass is 19.4. The van der Waals surface area contributed by atoms with Crippen molar-refractivity contribution in [3.63, 3.8) is 0 Å². The van der Waals surface area contributed by atoms with Crippen molar-refractivity contribution in [2.45, 2.75) is 32.3 Å². The van der Waals surface area contributed by atoms with Gasteiger partial charge in [-0.15, -0.1) is 13.2 Å². The molecule has 0 bridgehead atoms. The van der Waals surface area contributed by atoms with Gasteiger partial charge in [-0.3, -0.25) is 4.90 Å². The van der Waals surface area contributed by atoms with Gasteiger partial charge < -0.3 is 14.5 Å². The molecule has 0 spiro atoms. The van der Waals surface area contributed by atoms with Crippen molar-refractivity contribution in [3.8, 4) is 5.75 Å². The molecule has 0 aliphatic carbocycles. The van der Waals surface area contributed by atoms with E-state index in [0.29, 0.717) is 6.67 Å². The van der Waals surface area contributed by atoms with E-state index < -0.39 is 6.36 Å². The second-order valence-corrected chi connectivity index (χ2v) is 8.94. The molecule has 0 radical (unpaired) electrons. The van der Waals surface area contributed by atoms with E-state index in [1.165, 1.54) is 17.7 Å². The highest BCUT2D eigenvalue weighted by Crippen LogP contribution is 2.33. The van der Waals surface area contributed by atoms with Gasteiger partial charge in [0, 0.05) is 43.8 Å². The molecule has 1 aliphatic rings. The molecule has 0 unspecified atom stereocenters. The third kappa shape index (κ3) is 4.75. The summed E-state index contributed by atoms with van der Waals surface area (Å²) in [5.41, 5.74) is 2.90. The van der Waals surface area contributed by atoms with Gasteiger partial charge in [0.25, 0.3) is 0 Å². The van der Waals surface area contributed by atoms with E-state index in [1.807, 2.05) is 37.2 Å². The van der Waals surface area contributed by atoms with E-state index in [1.54, 1.807) is 12.1 Å². The quantitative estimate of drug-likeness (QED) is 0.536. The van der Waals surface area contributed by atoms with Crippen LogP contribution in [-0.2, 0) is 6.54 Å². The van der Waals surface area contributed by atoms with Crippen molar-refractivity contribution >= 4 is 22.4 Å². The molecule has 8 heteroatoms. The number of para-hydroxylation sites is 1. The minimum atomic E-state index is -4.69. The zero-order valence-electron chi connectivity index (χ0n) is 18.6. The van der Waals surface area contributed by atoms with E-state index in [0.717, 1.165) is 35.5 Å². The maximum atomic E-state index is 12.4. The number of alkyl halides is 3. The third-order valence-corrected chi connectivity index (χ3v) is 5.82. The van der Waals surface area contributed by atoms with E-state index in [4.69, 9.17) is 4.98 Å². The van der Waals surface area contributed by atoms with E-state index in [9.17, 15) is 13.2 Å². The summed E-state index contributed by atoms with van der Waals surface area (Å²) >= 11 is 0. The van der Waals surface area contributed by atoms with Crippen LogP contribution < -0.4 is 14.5 Å². The molecule has 1 saturated heterocycles. The summed E-state index contributed by atoms with van der Waals surface area (Å²) in [6, 6.07) is 16.3. The maximum Gasteiger partial charge on any atom is 0.573 e. The fourth-order valence-electron chi connectivity index (χ4n) is 4.11. The normalized spacial score (nSPS) is 16.5. The van der Waals surface area contributed by atoms with Gasteiger partial charge in [0.2, 0.25) is 0 Å². The predicted molar refractivity (Wildman–Crippen MR) is 121 cm³/mol. The summed E-state index contributed by atoms with van der Waals surface area (Å²) in [7, 11) is 3.96. The van der Waals surface area contributed by atoms with Crippen LogP contribution in [0.1, 0.15) is 19.4 Å². The van der Waals surface area contributed by atoms with Crippen LogP contribution in [0, 0.1) is 0 Å². The summed E-state index contributed by atoms with van der Waals surface area (Å²) in [5.74, 6) is 0.698. The van der Waals surface area contributed by atoms with Crippen LogP contribution in [0.5, 0.6) is 5.75 Å². The van der Waals surface area contributed by atoms with E-state index >= 15 is 0 Å². The topological polar surface area (TPSA) is 31.8 Å². The molecule has 2 aromatic carbocycles. The number of ether oxygens (including phenoxy) is 1. The Hall–Kier alpha value is -3.00. The Morgan fingerprint density at radius 2 is 1.75 bits per heavy atom. The van der Waals surface area contributed by atoms with Gasteiger partial charge in [-0.1, -0.05) is 18.2 Å². The molecule has 32 heavy (non-hydrogen) atoms. The number of pyridine rings is 1. The highest BCUT2D eigenvalue weighted by molar-refractivity contribution is 5.84. The van der Waals surface area contributed by atoms with Gasteiger partial charge in [-0.2, -0.15) is 0 Å². The number of nitrogens with zero attached hydrogens (tertiary/aromatic N) is 4. The van der Waals surface area contributed by atoms with Crippen LogP contribution in [0.25, 0.3) is 10.9 Å². The predicted octanol–water partition coefficient (Wildman–Crippen LogP) is 5.26. The van der Waals surface area contributed by atoms with Gasteiger partial charge in [0.1, 0.15) is 11.6 Å². The first kappa shape index (κ1) is 22.2. The van der Waals surface area contributed by atoms with Crippen molar-refractivity contribution in [3.05, 3.63) is 60.2 Å². The first-order chi connectivity index (χ1) is 15.0. The number of fused-ring (bicyclic) bond motifs is 1. The number of benzene rings is 2. The van der Waals surface area contributed by atoms with Crippen LogP contribution >= 0.6 is 0 Å². The minimum absolute atomic E-state index is 0.121. The van der Waals surface area contributed by atoms with E-state index in [-0.39, 0.29) is 11.3 Å². The Bertz CT molecular complexity index is 1100. The fraction of sp³-hybridized carbons (Fsp3) is 0.375. The first-order valence-corrected chi connectivity index (χ1v) is 10.4.